The number of hydrogen-bond acceptors (Lipinski definition) is 3. The molecule has 96 valence electrons. The third kappa shape index (κ3) is 2.08. The fourth-order valence-corrected chi connectivity index (χ4v) is 1.93. The molecule has 0 saturated carbocycles. The molecule has 2 aromatic rings. The van der Waals surface area contributed by atoms with Crippen molar-refractivity contribution in [2.75, 3.05) is 6.54 Å². The van der Waals surface area contributed by atoms with Crippen molar-refractivity contribution < 1.29 is 4.79 Å². The molecule has 0 radical (unpaired) electrons. The average molecular weight is 246 g/mol. The van der Waals surface area contributed by atoms with E-state index in [1.54, 1.807) is 6.20 Å². The summed E-state index contributed by atoms with van der Waals surface area (Å²) in [4.78, 5) is 16.4. The topological polar surface area (TPSA) is 59.8 Å². The molecule has 2 heterocycles. The molecule has 0 atom stereocenters. The maximum Gasteiger partial charge on any atom is 0.253 e. The monoisotopic (exact) mass is 246 g/mol. The van der Waals surface area contributed by atoms with Gasteiger partial charge in [-0.15, -0.1) is 0 Å². The van der Waals surface area contributed by atoms with E-state index in [0.29, 0.717) is 12.1 Å². The number of hydrogen-bond donors (Lipinski definition) is 1. The highest BCUT2D eigenvalue weighted by molar-refractivity contribution is 5.98. The lowest BCUT2D eigenvalue weighted by atomic mass is 10.1. The highest BCUT2D eigenvalue weighted by Crippen LogP contribution is 2.19. The summed E-state index contributed by atoms with van der Waals surface area (Å²) < 4.78 is 1.86. The van der Waals surface area contributed by atoms with Crippen LogP contribution in [0.25, 0.3) is 11.0 Å². The van der Waals surface area contributed by atoms with Gasteiger partial charge in [0.15, 0.2) is 5.65 Å². The van der Waals surface area contributed by atoms with Gasteiger partial charge in [-0.1, -0.05) is 0 Å². The van der Waals surface area contributed by atoms with E-state index in [1.165, 1.54) is 0 Å². The molecule has 0 fully saturated rings. The summed E-state index contributed by atoms with van der Waals surface area (Å²) >= 11 is 0. The third-order valence-corrected chi connectivity index (χ3v) is 2.83. The van der Waals surface area contributed by atoms with E-state index in [9.17, 15) is 4.79 Å². The van der Waals surface area contributed by atoms with Crippen LogP contribution in [0.2, 0.25) is 0 Å². The van der Waals surface area contributed by atoms with Gasteiger partial charge in [-0.2, -0.15) is 5.10 Å². The Kier molecular flexibility index (Phi) is 3.32. The summed E-state index contributed by atoms with van der Waals surface area (Å²) in [7, 11) is 0. The Morgan fingerprint density at radius 1 is 1.50 bits per heavy atom. The molecule has 0 aromatic carbocycles. The van der Waals surface area contributed by atoms with Gasteiger partial charge >= 0.3 is 0 Å². The van der Waals surface area contributed by atoms with Gasteiger partial charge in [0, 0.05) is 18.0 Å². The molecule has 0 aliphatic carbocycles. The van der Waals surface area contributed by atoms with Crippen molar-refractivity contribution in [2.45, 2.75) is 33.7 Å². The average Bonchev–Trinajstić information content (AvgIpc) is 2.70. The molecular formula is C13H18N4O. The summed E-state index contributed by atoms with van der Waals surface area (Å²) in [6.07, 6.45) is 1.75. The number of pyridine rings is 1. The van der Waals surface area contributed by atoms with E-state index in [4.69, 9.17) is 0 Å². The first-order chi connectivity index (χ1) is 8.54. The van der Waals surface area contributed by atoms with Crippen molar-refractivity contribution in [1.29, 1.82) is 0 Å². The van der Waals surface area contributed by atoms with Gasteiger partial charge in [-0.25, -0.2) is 9.67 Å². The Morgan fingerprint density at radius 2 is 2.22 bits per heavy atom. The Bertz CT molecular complexity index is 586. The van der Waals surface area contributed by atoms with Crippen LogP contribution < -0.4 is 5.32 Å². The Labute approximate surface area is 106 Å². The highest BCUT2D eigenvalue weighted by Gasteiger charge is 2.14. The predicted molar refractivity (Wildman–Crippen MR) is 70.7 cm³/mol. The van der Waals surface area contributed by atoms with Gasteiger partial charge < -0.3 is 5.32 Å². The molecule has 0 aliphatic rings. The molecule has 0 aliphatic heterocycles. The first-order valence-electron chi connectivity index (χ1n) is 6.17. The number of carbonyl (C=O) groups excluding carboxylic acids is 1. The fourth-order valence-electron chi connectivity index (χ4n) is 1.93. The first kappa shape index (κ1) is 12.5. The zero-order valence-electron chi connectivity index (χ0n) is 11.2. The number of rotatable bonds is 3. The summed E-state index contributed by atoms with van der Waals surface area (Å²) in [5.74, 6) is -0.0818. The zero-order chi connectivity index (χ0) is 13.3. The number of aromatic nitrogens is 3. The van der Waals surface area contributed by atoms with Crippen molar-refractivity contribution in [2.24, 2.45) is 0 Å². The number of nitrogens with zero attached hydrogens (tertiary/aromatic N) is 3. The smallest absolute Gasteiger partial charge is 0.253 e. The number of carbonyl (C=O) groups is 1. The fraction of sp³-hybridized carbons (Fsp3) is 0.462. The van der Waals surface area contributed by atoms with E-state index < -0.39 is 0 Å². The van der Waals surface area contributed by atoms with Crippen molar-refractivity contribution >= 4 is 16.9 Å². The van der Waals surface area contributed by atoms with Crippen LogP contribution in [-0.2, 0) is 0 Å². The normalized spacial score (nSPS) is 11.2. The lowest BCUT2D eigenvalue weighted by Gasteiger charge is -2.09. The largest absolute Gasteiger partial charge is 0.352 e. The summed E-state index contributed by atoms with van der Waals surface area (Å²) in [6.45, 7) is 8.47. The number of amides is 1. The molecule has 1 amide bonds. The van der Waals surface area contributed by atoms with Crippen LogP contribution in [0.15, 0.2) is 12.3 Å². The molecule has 1 N–H and O–H groups in total. The highest BCUT2D eigenvalue weighted by atomic mass is 16.1. The van der Waals surface area contributed by atoms with Gasteiger partial charge in [-0.05, 0) is 33.8 Å². The van der Waals surface area contributed by atoms with Crippen molar-refractivity contribution in [3.05, 3.63) is 23.5 Å². The van der Waals surface area contributed by atoms with E-state index >= 15 is 0 Å². The summed E-state index contributed by atoms with van der Waals surface area (Å²) in [6, 6.07) is 2.11. The van der Waals surface area contributed by atoms with Crippen LogP contribution in [-0.4, -0.2) is 27.2 Å². The lowest BCUT2D eigenvalue weighted by molar-refractivity contribution is 0.0955. The van der Waals surface area contributed by atoms with Gasteiger partial charge in [0.2, 0.25) is 0 Å². The van der Waals surface area contributed by atoms with Gasteiger partial charge in [0.25, 0.3) is 5.91 Å². The molecular weight excluding hydrogens is 228 g/mol. The predicted octanol–water partition coefficient (Wildman–Crippen LogP) is 2.07. The van der Waals surface area contributed by atoms with Gasteiger partial charge in [-0.3, -0.25) is 4.79 Å². The Balaban J connectivity index is 2.54. The molecule has 0 unspecified atom stereocenters. The van der Waals surface area contributed by atoms with Crippen molar-refractivity contribution in [3.8, 4) is 0 Å². The molecule has 0 spiro atoms. The van der Waals surface area contributed by atoms with Gasteiger partial charge in [0.1, 0.15) is 0 Å². The number of aryl methyl sites for hydroxylation is 1. The minimum Gasteiger partial charge on any atom is -0.352 e. The zero-order valence-corrected chi connectivity index (χ0v) is 11.2. The maximum atomic E-state index is 11.9. The third-order valence-electron chi connectivity index (χ3n) is 2.83. The molecule has 2 rings (SSSR count). The quantitative estimate of drug-likeness (QED) is 0.901. The molecule has 2 aromatic heterocycles. The summed E-state index contributed by atoms with van der Waals surface area (Å²) in [5.41, 5.74) is 2.18. The minimum atomic E-state index is -0.0818. The van der Waals surface area contributed by atoms with Crippen LogP contribution in [0.3, 0.4) is 0 Å². The van der Waals surface area contributed by atoms with Crippen LogP contribution in [0.5, 0.6) is 0 Å². The van der Waals surface area contributed by atoms with Crippen LogP contribution in [0, 0.1) is 6.92 Å². The second kappa shape index (κ2) is 4.76. The SMILES string of the molecule is CCNC(=O)c1cc2cnn(C(C)C)c2nc1C. The second-order valence-electron chi connectivity index (χ2n) is 4.58. The molecule has 0 bridgehead atoms. The van der Waals surface area contributed by atoms with E-state index in [0.717, 1.165) is 16.7 Å². The van der Waals surface area contributed by atoms with Crippen LogP contribution >= 0.6 is 0 Å². The first-order valence-corrected chi connectivity index (χ1v) is 6.17. The van der Waals surface area contributed by atoms with Crippen molar-refractivity contribution in [1.82, 2.24) is 20.1 Å². The molecule has 5 nitrogen and oxygen atoms in total. The van der Waals surface area contributed by atoms with Crippen LogP contribution in [0.1, 0.15) is 42.9 Å². The number of nitrogens with one attached hydrogen (secondary N) is 1. The van der Waals surface area contributed by atoms with E-state index in [2.05, 4.69) is 29.2 Å². The maximum absolute atomic E-state index is 11.9. The van der Waals surface area contributed by atoms with E-state index in [1.807, 2.05) is 24.6 Å². The number of fused-ring (bicyclic) bond motifs is 1. The van der Waals surface area contributed by atoms with Crippen LogP contribution in [0.4, 0.5) is 0 Å². The molecule has 0 saturated heterocycles. The minimum absolute atomic E-state index is 0.0818. The summed E-state index contributed by atoms with van der Waals surface area (Å²) in [5, 5.41) is 7.99. The molecule has 5 heteroatoms. The Morgan fingerprint density at radius 3 is 2.83 bits per heavy atom. The standard InChI is InChI=1S/C13H18N4O/c1-5-14-13(18)11-6-10-7-15-17(8(2)3)12(10)16-9(11)4/h6-8H,5H2,1-4H3,(H,14,18). The molecule has 18 heavy (non-hydrogen) atoms. The van der Waals surface area contributed by atoms with Gasteiger partial charge in [0.05, 0.1) is 17.5 Å². The van der Waals surface area contributed by atoms with E-state index in [-0.39, 0.29) is 11.9 Å². The Hall–Kier alpha value is -1.91. The lowest BCUT2D eigenvalue weighted by Crippen LogP contribution is -2.23. The van der Waals surface area contributed by atoms with Crippen molar-refractivity contribution in [3.63, 3.8) is 0 Å². The second-order valence-corrected chi connectivity index (χ2v) is 4.58.